The Kier molecular flexibility index (Phi) is 3.37. The average molecular weight is 461 g/mol. The molecular weight excluding hydrogens is 436 g/mol. The molecule has 4 fully saturated rings. The lowest BCUT2D eigenvalue weighted by atomic mass is 9.43. The molecule has 0 spiro atoms. The molecule has 4 aliphatic heterocycles. The molecule has 1 aromatic rings. The molecule has 0 aromatic heterocycles. The van der Waals surface area contributed by atoms with Crippen molar-refractivity contribution in [2.75, 3.05) is 38.8 Å². The number of fused-ring (bicyclic) bond motifs is 3. The Labute approximate surface area is 178 Å². The van der Waals surface area contributed by atoms with Crippen molar-refractivity contribution in [2.24, 2.45) is 11.3 Å². The van der Waals surface area contributed by atoms with Crippen LogP contribution in [0.25, 0.3) is 0 Å². The highest BCUT2D eigenvalue weighted by atomic mass is 79.9. The average Bonchev–Trinajstić information content (AvgIpc) is 3.09. The van der Waals surface area contributed by atoms with Crippen molar-refractivity contribution >= 4 is 27.6 Å². The number of anilines is 1. The zero-order valence-electron chi connectivity index (χ0n) is 16.9. The maximum atomic E-state index is 13.7. The second-order valence-electron chi connectivity index (χ2n) is 9.12. The highest BCUT2D eigenvalue weighted by molar-refractivity contribution is 9.10. The van der Waals surface area contributed by atoms with Gasteiger partial charge in [-0.05, 0) is 53.4 Å². The van der Waals surface area contributed by atoms with E-state index in [2.05, 4.69) is 45.8 Å². The minimum atomic E-state index is -0.785. The summed E-state index contributed by atoms with van der Waals surface area (Å²) in [6.07, 6.45) is 3.88. The fraction of sp³-hybridized carbons (Fsp3) is 0.591. The number of piperidine rings is 2. The topological polar surface area (TPSA) is 62.2 Å². The third kappa shape index (κ3) is 1.60. The van der Waals surface area contributed by atoms with Crippen LogP contribution in [0.4, 0.5) is 5.69 Å². The smallest absolute Gasteiger partial charge is 0.315 e. The Hall–Kier alpha value is -1.57. The number of halogens is 1. The monoisotopic (exact) mass is 460 g/mol. The highest BCUT2D eigenvalue weighted by Crippen LogP contribution is 2.76. The SMILES string of the molecule is C/C=C1/CN2CC[C@@]34c5cc(O)c(Br)cc5N(C)[C@]35OC[C@@]4(C(=O)OC)[C@H]1C[C@H]25. The molecule has 0 amide bonds. The molecule has 6 nitrogen and oxygen atoms in total. The largest absolute Gasteiger partial charge is 0.507 e. The molecule has 5 aliphatic rings. The molecule has 1 N–H and O–H groups in total. The zero-order valence-corrected chi connectivity index (χ0v) is 18.5. The lowest BCUT2D eigenvalue weighted by Crippen LogP contribution is -2.80. The van der Waals surface area contributed by atoms with Crippen LogP contribution >= 0.6 is 15.9 Å². The predicted molar refractivity (Wildman–Crippen MR) is 111 cm³/mol. The Morgan fingerprint density at radius 3 is 2.97 bits per heavy atom. The summed E-state index contributed by atoms with van der Waals surface area (Å²) < 4.78 is 12.9. The van der Waals surface area contributed by atoms with Gasteiger partial charge in [-0.15, -0.1) is 0 Å². The lowest BCUT2D eigenvalue weighted by Gasteiger charge is -2.66. The van der Waals surface area contributed by atoms with Gasteiger partial charge in [0.2, 0.25) is 0 Å². The van der Waals surface area contributed by atoms with Gasteiger partial charge in [-0.2, -0.15) is 0 Å². The van der Waals surface area contributed by atoms with Crippen molar-refractivity contribution in [1.82, 2.24) is 4.90 Å². The van der Waals surface area contributed by atoms with Crippen molar-refractivity contribution in [3.05, 3.63) is 33.8 Å². The number of hydrogen-bond acceptors (Lipinski definition) is 6. The quantitative estimate of drug-likeness (QED) is 0.513. The first-order valence-electron chi connectivity index (χ1n) is 10.3. The molecule has 1 aromatic carbocycles. The zero-order chi connectivity index (χ0) is 20.3. The van der Waals surface area contributed by atoms with Crippen molar-refractivity contribution in [3.63, 3.8) is 0 Å². The van der Waals surface area contributed by atoms with Gasteiger partial charge in [0.15, 0.2) is 5.72 Å². The summed E-state index contributed by atoms with van der Waals surface area (Å²) in [6.45, 7) is 4.21. The number of benzene rings is 1. The van der Waals surface area contributed by atoms with E-state index < -0.39 is 16.6 Å². The number of rotatable bonds is 1. The summed E-state index contributed by atoms with van der Waals surface area (Å²) in [4.78, 5) is 18.4. The van der Waals surface area contributed by atoms with Gasteiger partial charge in [-0.25, -0.2) is 0 Å². The van der Waals surface area contributed by atoms with Gasteiger partial charge in [-0.3, -0.25) is 9.69 Å². The lowest BCUT2D eigenvalue weighted by molar-refractivity contribution is -0.184. The fourth-order valence-electron chi connectivity index (χ4n) is 7.79. The number of carbonyl (C=O) groups excluding carboxylic acids is 1. The maximum absolute atomic E-state index is 13.7. The van der Waals surface area contributed by atoms with E-state index in [0.29, 0.717) is 11.1 Å². The van der Waals surface area contributed by atoms with Gasteiger partial charge in [-0.1, -0.05) is 11.6 Å². The Morgan fingerprint density at radius 2 is 2.24 bits per heavy atom. The van der Waals surface area contributed by atoms with Gasteiger partial charge in [0.25, 0.3) is 0 Å². The standard InChI is InChI=1S/C22H25BrN2O4/c1-4-12-10-25-6-5-21-14-7-17(26)15(23)9-16(14)24(2)22(21)18(25)8-13(12)20(21,11-29-22)19(27)28-3/h4,7,9,13,18,26H,5-6,8,10-11H2,1-3H3/b12-4-/t13-,18-,20-,21-,22+/m0/s1. The van der Waals surface area contributed by atoms with Crippen molar-refractivity contribution < 1.29 is 19.4 Å². The molecule has 1 aliphatic carbocycles. The van der Waals surface area contributed by atoms with Gasteiger partial charge >= 0.3 is 5.97 Å². The molecule has 5 atom stereocenters. The molecule has 4 heterocycles. The summed E-state index contributed by atoms with van der Waals surface area (Å²) in [6, 6.07) is 4.03. The molecule has 29 heavy (non-hydrogen) atoms. The minimum Gasteiger partial charge on any atom is -0.507 e. The van der Waals surface area contributed by atoms with E-state index in [1.165, 1.54) is 12.7 Å². The van der Waals surface area contributed by atoms with Crippen LogP contribution in [0.2, 0.25) is 0 Å². The van der Waals surface area contributed by atoms with Crippen molar-refractivity contribution in [2.45, 2.75) is 36.9 Å². The molecule has 3 saturated heterocycles. The summed E-state index contributed by atoms with van der Waals surface area (Å²) >= 11 is 3.48. The van der Waals surface area contributed by atoms with Crippen LogP contribution in [0.15, 0.2) is 28.3 Å². The molecule has 0 unspecified atom stereocenters. The van der Waals surface area contributed by atoms with Gasteiger partial charge in [0.05, 0.1) is 29.6 Å². The summed E-state index contributed by atoms with van der Waals surface area (Å²) in [5.74, 6) is 0.107. The molecule has 0 radical (unpaired) electrons. The number of phenolic OH excluding ortho intramolecular Hbond substituents is 1. The van der Waals surface area contributed by atoms with E-state index >= 15 is 0 Å². The molecule has 6 rings (SSSR count). The van der Waals surface area contributed by atoms with Crippen LogP contribution in [0.3, 0.4) is 0 Å². The van der Waals surface area contributed by atoms with Crippen LogP contribution in [0.5, 0.6) is 5.75 Å². The number of allylic oxidation sites excluding steroid dienone is 1. The van der Waals surface area contributed by atoms with E-state index in [0.717, 1.165) is 37.2 Å². The Balaban J connectivity index is 1.75. The fourth-order valence-corrected chi connectivity index (χ4v) is 8.13. The predicted octanol–water partition coefficient (Wildman–Crippen LogP) is 2.78. The van der Waals surface area contributed by atoms with Crippen molar-refractivity contribution in [3.8, 4) is 5.75 Å². The summed E-state index contributed by atoms with van der Waals surface area (Å²) in [5, 5.41) is 10.6. The number of esters is 1. The van der Waals surface area contributed by atoms with E-state index in [1.807, 2.05) is 12.1 Å². The number of nitrogens with zero attached hydrogens (tertiary/aromatic N) is 2. The first kappa shape index (κ1) is 18.2. The summed E-state index contributed by atoms with van der Waals surface area (Å²) in [7, 11) is 3.57. The maximum Gasteiger partial charge on any atom is 0.315 e. The van der Waals surface area contributed by atoms with E-state index in [4.69, 9.17) is 9.47 Å². The molecule has 1 saturated carbocycles. The third-order valence-corrected chi connectivity index (χ3v) is 9.39. The number of phenols is 1. The number of likely N-dealkylation sites (N-methyl/N-ethyl adjacent to an activating group) is 1. The number of carbonyl (C=O) groups is 1. The van der Waals surface area contributed by atoms with E-state index in [-0.39, 0.29) is 23.7 Å². The Morgan fingerprint density at radius 1 is 1.45 bits per heavy atom. The van der Waals surface area contributed by atoms with Crippen LogP contribution in [0, 0.1) is 11.3 Å². The second kappa shape index (κ2) is 5.37. The van der Waals surface area contributed by atoms with Gasteiger partial charge < -0.3 is 19.5 Å². The van der Waals surface area contributed by atoms with Crippen molar-refractivity contribution in [1.29, 1.82) is 0 Å². The number of hydrogen-bond donors (Lipinski definition) is 1. The van der Waals surface area contributed by atoms with Gasteiger partial charge in [0.1, 0.15) is 11.2 Å². The first-order valence-corrected chi connectivity index (χ1v) is 11.1. The second-order valence-corrected chi connectivity index (χ2v) is 9.98. The molecule has 7 heteroatoms. The van der Waals surface area contributed by atoms with E-state index in [9.17, 15) is 9.90 Å². The van der Waals surface area contributed by atoms with Crippen LogP contribution < -0.4 is 4.90 Å². The number of ether oxygens (including phenoxy) is 2. The molecule has 5 bridgehead atoms. The third-order valence-electron chi connectivity index (χ3n) is 8.75. The first-order chi connectivity index (χ1) is 13.9. The minimum absolute atomic E-state index is 0.0854. The number of methoxy groups -OCH3 is 1. The van der Waals surface area contributed by atoms with Crippen LogP contribution in [0.1, 0.15) is 25.3 Å². The normalized spacial score (nSPS) is 42.9. The van der Waals surface area contributed by atoms with Crippen LogP contribution in [-0.4, -0.2) is 61.6 Å². The van der Waals surface area contributed by atoms with Crippen LogP contribution in [-0.2, 0) is 19.7 Å². The number of aromatic hydroxyl groups is 1. The van der Waals surface area contributed by atoms with E-state index in [1.54, 1.807) is 0 Å². The molecular formula is C22H25BrN2O4. The van der Waals surface area contributed by atoms with Gasteiger partial charge in [0, 0.05) is 31.7 Å². The summed E-state index contributed by atoms with van der Waals surface area (Å²) in [5.41, 5.74) is 1.40. The molecule has 154 valence electrons. The highest BCUT2D eigenvalue weighted by Gasteiger charge is 2.86. The Bertz CT molecular complexity index is 995.